The van der Waals surface area contributed by atoms with E-state index in [0.717, 1.165) is 22.9 Å². The number of rotatable bonds is 4. The van der Waals surface area contributed by atoms with Gasteiger partial charge in [-0.2, -0.15) is 0 Å². The Morgan fingerprint density at radius 3 is 2.32 bits per heavy atom. The first-order valence-corrected chi connectivity index (χ1v) is 6.73. The molecular formula is C15H13BrF2O. The average molecular weight is 327 g/mol. The second-order valence-corrected chi connectivity index (χ2v) is 5.30. The highest BCUT2D eigenvalue weighted by Gasteiger charge is 2.11. The molecule has 19 heavy (non-hydrogen) atoms. The topological polar surface area (TPSA) is 9.23 Å². The van der Waals surface area contributed by atoms with E-state index in [0.29, 0.717) is 6.42 Å². The summed E-state index contributed by atoms with van der Waals surface area (Å²) in [5, 5.41) is 0. The molecule has 0 aliphatic carbocycles. The minimum Gasteiger partial charge on any atom is -0.497 e. The van der Waals surface area contributed by atoms with E-state index in [9.17, 15) is 8.78 Å². The number of hydrogen-bond acceptors (Lipinski definition) is 1. The van der Waals surface area contributed by atoms with Crippen LogP contribution in [0, 0.1) is 11.6 Å². The van der Waals surface area contributed by atoms with Crippen molar-refractivity contribution in [2.24, 2.45) is 0 Å². The first-order valence-electron chi connectivity index (χ1n) is 5.82. The van der Waals surface area contributed by atoms with Crippen molar-refractivity contribution in [2.75, 3.05) is 7.11 Å². The maximum Gasteiger partial charge on any atom is 0.159 e. The largest absolute Gasteiger partial charge is 0.497 e. The van der Waals surface area contributed by atoms with Crippen LogP contribution in [0.25, 0.3) is 0 Å². The van der Waals surface area contributed by atoms with Gasteiger partial charge in [0.15, 0.2) is 11.6 Å². The lowest BCUT2D eigenvalue weighted by molar-refractivity contribution is 0.414. The molecule has 0 aliphatic heterocycles. The molecule has 0 aliphatic rings. The fraction of sp³-hybridized carbons (Fsp3) is 0.200. The van der Waals surface area contributed by atoms with Gasteiger partial charge in [0.1, 0.15) is 5.75 Å². The fourth-order valence-electron chi connectivity index (χ4n) is 1.79. The predicted octanol–water partition coefficient (Wildman–Crippen LogP) is 4.65. The zero-order valence-electron chi connectivity index (χ0n) is 10.4. The lowest BCUT2D eigenvalue weighted by Gasteiger charge is -2.11. The summed E-state index contributed by atoms with van der Waals surface area (Å²) in [6.45, 7) is 0. The van der Waals surface area contributed by atoms with E-state index < -0.39 is 11.6 Å². The van der Waals surface area contributed by atoms with E-state index in [1.54, 1.807) is 13.2 Å². The molecule has 1 unspecified atom stereocenters. The minimum atomic E-state index is -0.826. The summed E-state index contributed by atoms with van der Waals surface area (Å²) in [6, 6.07) is 11.6. The van der Waals surface area contributed by atoms with E-state index in [1.807, 2.05) is 24.3 Å². The molecule has 0 aromatic heterocycles. The van der Waals surface area contributed by atoms with Crippen LogP contribution in [0.1, 0.15) is 16.0 Å². The molecule has 0 radical (unpaired) electrons. The standard InChI is InChI=1S/C15H13BrF2O/c1-19-12-5-2-10(3-6-12)8-13(16)11-4-7-14(17)15(18)9-11/h2-7,9,13H,8H2,1H3. The van der Waals surface area contributed by atoms with Gasteiger partial charge in [-0.15, -0.1) is 0 Å². The van der Waals surface area contributed by atoms with E-state index in [-0.39, 0.29) is 4.83 Å². The predicted molar refractivity (Wildman–Crippen MR) is 74.7 cm³/mol. The van der Waals surface area contributed by atoms with Crippen LogP contribution in [0.5, 0.6) is 5.75 Å². The summed E-state index contributed by atoms with van der Waals surface area (Å²) < 4.78 is 31.1. The first kappa shape index (κ1) is 14.0. The van der Waals surface area contributed by atoms with Crippen molar-refractivity contribution in [2.45, 2.75) is 11.2 Å². The second kappa shape index (κ2) is 6.15. The number of hydrogen-bond donors (Lipinski definition) is 0. The van der Waals surface area contributed by atoms with Gasteiger partial charge >= 0.3 is 0 Å². The van der Waals surface area contributed by atoms with E-state index in [1.165, 1.54) is 6.07 Å². The van der Waals surface area contributed by atoms with Crippen LogP contribution < -0.4 is 4.74 Å². The Morgan fingerprint density at radius 2 is 1.74 bits per heavy atom. The van der Waals surface area contributed by atoms with Crippen LogP contribution >= 0.6 is 15.9 Å². The molecule has 0 heterocycles. The first-order chi connectivity index (χ1) is 9.10. The summed E-state index contributed by atoms with van der Waals surface area (Å²) in [4.78, 5) is -0.0593. The Morgan fingerprint density at radius 1 is 1.05 bits per heavy atom. The van der Waals surface area contributed by atoms with E-state index >= 15 is 0 Å². The van der Waals surface area contributed by atoms with Crippen LogP contribution in [-0.2, 0) is 6.42 Å². The Kier molecular flexibility index (Phi) is 4.53. The Bertz CT molecular complexity index is 555. The van der Waals surface area contributed by atoms with Gasteiger partial charge < -0.3 is 4.74 Å². The molecule has 0 saturated heterocycles. The van der Waals surface area contributed by atoms with Gasteiger partial charge in [0.05, 0.1) is 7.11 Å². The molecule has 1 atom stereocenters. The number of ether oxygens (including phenoxy) is 1. The summed E-state index contributed by atoms with van der Waals surface area (Å²) in [5.74, 6) is -0.854. The Labute approximate surface area is 119 Å². The zero-order valence-corrected chi connectivity index (χ0v) is 12.0. The highest BCUT2D eigenvalue weighted by atomic mass is 79.9. The van der Waals surface area contributed by atoms with Crippen molar-refractivity contribution >= 4 is 15.9 Å². The summed E-state index contributed by atoms with van der Waals surface area (Å²) in [5.41, 5.74) is 1.81. The van der Waals surface area contributed by atoms with Crippen LogP contribution in [0.15, 0.2) is 42.5 Å². The van der Waals surface area contributed by atoms with Crippen LogP contribution in [0.2, 0.25) is 0 Å². The molecule has 0 N–H and O–H groups in total. The number of halogens is 3. The summed E-state index contributed by atoms with van der Waals surface area (Å²) >= 11 is 3.50. The molecule has 0 bridgehead atoms. The lowest BCUT2D eigenvalue weighted by atomic mass is 10.0. The van der Waals surface area contributed by atoms with Gasteiger partial charge in [0.25, 0.3) is 0 Å². The van der Waals surface area contributed by atoms with Gasteiger partial charge in [0.2, 0.25) is 0 Å². The van der Waals surface area contributed by atoms with Crippen LogP contribution in [0.3, 0.4) is 0 Å². The molecule has 0 spiro atoms. The van der Waals surface area contributed by atoms with Gasteiger partial charge in [-0.3, -0.25) is 0 Å². The highest BCUT2D eigenvalue weighted by molar-refractivity contribution is 9.09. The van der Waals surface area contributed by atoms with Crippen molar-refractivity contribution in [3.8, 4) is 5.75 Å². The highest BCUT2D eigenvalue weighted by Crippen LogP contribution is 2.28. The van der Waals surface area contributed by atoms with Gasteiger partial charge in [-0.25, -0.2) is 8.78 Å². The molecule has 0 amide bonds. The van der Waals surface area contributed by atoms with Gasteiger partial charge in [0, 0.05) is 4.83 Å². The number of benzene rings is 2. The molecule has 4 heteroatoms. The van der Waals surface area contributed by atoms with Crippen molar-refractivity contribution in [3.05, 3.63) is 65.2 Å². The molecule has 0 fully saturated rings. The van der Waals surface area contributed by atoms with Crippen molar-refractivity contribution in [1.82, 2.24) is 0 Å². The SMILES string of the molecule is COc1ccc(CC(Br)c2ccc(F)c(F)c2)cc1. The lowest BCUT2D eigenvalue weighted by Crippen LogP contribution is -1.97. The normalized spacial score (nSPS) is 12.2. The molecule has 100 valence electrons. The molecule has 0 saturated carbocycles. The third-order valence-electron chi connectivity index (χ3n) is 2.88. The van der Waals surface area contributed by atoms with Crippen molar-refractivity contribution in [3.63, 3.8) is 0 Å². The minimum absolute atomic E-state index is 0.0593. The quantitative estimate of drug-likeness (QED) is 0.743. The number of methoxy groups -OCH3 is 1. The summed E-state index contributed by atoms with van der Waals surface area (Å²) in [6.07, 6.45) is 0.690. The average Bonchev–Trinajstić information content (AvgIpc) is 2.42. The third kappa shape index (κ3) is 3.53. The van der Waals surface area contributed by atoms with Crippen molar-refractivity contribution < 1.29 is 13.5 Å². The zero-order chi connectivity index (χ0) is 13.8. The van der Waals surface area contributed by atoms with Gasteiger partial charge in [-0.05, 0) is 41.8 Å². The second-order valence-electron chi connectivity index (χ2n) is 4.19. The Hall–Kier alpha value is -1.42. The molecular weight excluding hydrogens is 314 g/mol. The monoisotopic (exact) mass is 326 g/mol. The maximum atomic E-state index is 13.2. The molecule has 1 nitrogen and oxygen atoms in total. The molecule has 2 aromatic rings. The molecule has 2 aromatic carbocycles. The Balaban J connectivity index is 2.10. The van der Waals surface area contributed by atoms with Crippen LogP contribution in [-0.4, -0.2) is 7.11 Å². The maximum absolute atomic E-state index is 13.2. The van der Waals surface area contributed by atoms with E-state index in [4.69, 9.17) is 4.74 Å². The fourth-order valence-corrected chi connectivity index (χ4v) is 2.45. The summed E-state index contributed by atoms with van der Waals surface area (Å²) in [7, 11) is 1.61. The number of alkyl halides is 1. The van der Waals surface area contributed by atoms with Crippen molar-refractivity contribution in [1.29, 1.82) is 0 Å². The van der Waals surface area contributed by atoms with Crippen LogP contribution in [0.4, 0.5) is 8.78 Å². The molecule has 2 rings (SSSR count). The van der Waals surface area contributed by atoms with E-state index in [2.05, 4.69) is 15.9 Å². The smallest absolute Gasteiger partial charge is 0.159 e. The van der Waals surface area contributed by atoms with Gasteiger partial charge in [-0.1, -0.05) is 34.1 Å². The third-order valence-corrected chi connectivity index (χ3v) is 3.73.